The lowest BCUT2D eigenvalue weighted by Gasteiger charge is -2.46. The van der Waals surface area contributed by atoms with Crippen LogP contribution in [0.3, 0.4) is 0 Å². The van der Waals surface area contributed by atoms with Gasteiger partial charge in [0, 0.05) is 42.2 Å². The zero-order valence-corrected chi connectivity index (χ0v) is 12.1. The van der Waals surface area contributed by atoms with Gasteiger partial charge in [0.15, 0.2) is 0 Å². The average molecular weight is 269 g/mol. The first-order chi connectivity index (χ1) is 8.66. The number of hydrogen-bond donors (Lipinski definition) is 1. The van der Waals surface area contributed by atoms with Crippen LogP contribution in [0, 0.1) is 0 Å². The zero-order valence-electron chi connectivity index (χ0n) is 11.3. The van der Waals surface area contributed by atoms with Gasteiger partial charge in [-0.3, -0.25) is 9.88 Å². The quantitative estimate of drug-likeness (QED) is 0.880. The second-order valence-electron chi connectivity index (χ2n) is 5.09. The van der Waals surface area contributed by atoms with Gasteiger partial charge in [0.1, 0.15) is 0 Å². The number of aromatic nitrogens is 1. The summed E-state index contributed by atoms with van der Waals surface area (Å²) in [5.41, 5.74) is 8.41. The summed E-state index contributed by atoms with van der Waals surface area (Å²) in [7, 11) is 0. The summed E-state index contributed by atoms with van der Waals surface area (Å²) in [6.07, 6.45) is 3.90. The molecule has 2 heterocycles. The molecule has 4 nitrogen and oxygen atoms in total. The van der Waals surface area contributed by atoms with Gasteiger partial charge in [0.25, 0.3) is 0 Å². The zero-order chi connectivity index (χ0) is 13.0. The Balaban J connectivity index is 2.04. The molecule has 2 rings (SSSR count). The van der Waals surface area contributed by atoms with E-state index >= 15 is 0 Å². The van der Waals surface area contributed by atoms with E-state index in [1.165, 1.54) is 4.88 Å². The Morgan fingerprint density at radius 3 is 2.83 bits per heavy atom. The Morgan fingerprint density at radius 1 is 1.56 bits per heavy atom. The second-order valence-corrected chi connectivity index (χ2v) is 6.06. The number of nitrogens with two attached hydrogens (primary N) is 1. The van der Waals surface area contributed by atoms with Crippen molar-refractivity contribution in [3.63, 3.8) is 0 Å². The molecule has 1 saturated heterocycles. The van der Waals surface area contributed by atoms with Crippen molar-refractivity contribution in [3.05, 3.63) is 16.6 Å². The van der Waals surface area contributed by atoms with E-state index in [0.717, 1.165) is 39.1 Å². The predicted octanol–water partition coefficient (Wildman–Crippen LogP) is 1.51. The number of ether oxygens (including phenoxy) is 1. The Bertz CT molecular complexity index is 351. The van der Waals surface area contributed by atoms with E-state index < -0.39 is 0 Å². The van der Waals surface area contributed by atoms with Crippen LogP contribution in [0.1, 0.15) is 25.1 Å². The topological polar surface area (TPSA) is 51.4 Å². The fourth-order valence-electron chi connectivity index (χ4n) is 2.57. The van der Waals surface area contributed by atoms with E-state index in [1.807, 2.05) is 11.7 Å². The van der Waals surface area contributed by atoms with Crippen molar-refractivity contribution in [2.75, 3.05) is 26.3 Å². The average Bonchev–Trinajstić information content (AvgIpc) is 2.91. The molecule has 1 aromatic rings. The van der Waals surface area contributed by atoms with Gasteiger partial charge in [-0.15, -0.1) is 11.3 Å². The smallest absolute Gasteiger partial charge is 0.0794 e. The minimum atomic E-state index is 0.0494. The molecular weight excluding hydrogens is 246 g/mol. The Morgan fingerprint density at radius 2 is 2.28 bits per heavy atom. The van der Waals surface area contributed by atoms with Crippen molar-refractivity contribution in [2.45, 2.75) is 38.3 Å². The summed E-state index contributed by atoms with van der Waals surface area (Å²) < 4.78 is 5.43. The van der Waals surface area contributed by atoms with Gasteiger partial charge < -0.3 is 10.5 Å². The minimum Gasteiger partial charge on any atom is -0.379 e. The SMILES string of the molecule is CCC(C)(C(N)Cc1cncs1)N1CCOCC1. The molecule has 1 aliphatic rings. The fourth-order valence-corrected chi connectivity index (χ4v) is 3.23. The highest BCUT2D eigenvalue weighted by Gasteiger charge is 2.37. The van der Waals surface area contributed by atoms with Gasteiger partial charge in [0.2, 0.25) is 0 Å². The van der Waals surface area contributed by atoms with Crippen LogP contribution < -0.4 is 5.73 Å². The van der Waals surface area contributed by atoms with Crippen molar-refractivity contribution in [3.8, 4) is 0 Å². The van der Waals surface area contributed by atoms with Crippen LogP contribution in [0.15, 0.2) is 11.7 Å². The molecule has 1 aliphatic heterocycles. The summed E-state index contributed by atoms with van der Waals surface area (Å²) in [4.78, 5) is 7.89. The van der Waals surface area contributed by atoms with Crippen molar-refractivity contribution >= 4 is 11.3 Å². The molecule has 0 radical (unpaired) electrons. The van der Waals surface area contributed by atoms with Crippen molar-refractivity contribution in [2.24, 2.45) is 5.73 Å². The van der Waals surface area contributed by atoms with Crippen molar-refractivity contribution in [1.29, 1.82) is 0 Å². The number of rotatable bonds is 5. The minimum absolute atomic E-state index is 0.0494. The molecule has 0 aromatic carbocycles. The van der Waals surface area contributed by atoms with Gasteiger partial charge >= 0.3 is 0 Å². The van der Waals surface area contributed by atoms with E-state index in [9.17, 15) is 0 Å². The number of hydrogen-bond acceptors (Lipinski definition) is 5. The molecule has 2 atom stereocenters. The molecule has 0 spiro atoms. The maximum Gasteiger partial charge on any atom is 0.0794 e. The fraction of sp³-hybridized carbons (Fsp3) is 0.769. The summed E-state index contributed by atoms with van der Waals surface area (Å²) in [5, 5.41) is 0. The first-order valence-electron chi connectivity index (χ1n) is 6.62. The van der Waals surface area contributed by atoms with Crippen LogP contribution in [0.4, 0.5) is 0 Å². The van der Waals surface area contributed by atoms with E-state index in [0.29, 0.717) is 0 Å². The van der Waals surface area contributed by atoms with Crippen LogP contribution in [-0.2, 0) is 11.2 Å². The molecule has 0 bridgehead atoms. The highest BCUT2D eigenvalue weighted by Crippen LogP contribution is 2.26. The number of morpholine rings is 1. The molecule has 1 aromatic heterocycles. The largest absolute Gasteiger partial charge is 0.379 e. The van der Waals surface area contributed by atoms with Gasteiger partial charge in [-0.25, -0.2) is 0 Å². The molecule has 0 amide bonds. The Kier molecular flexibility index (Phi) is 4.72. The van der Waals surface area contributed by atoms with Crippen LogP contribution in [0.5, 0.6) is 0 Å². The highest BCUT2D eigenvalue weighted by molar-refractivity contribution is 7.09. The maximum atomic E-state index is 6.48. The first-order valence-corrected chi connectivity index (χ1v) is 7.50. The molecule has 18 heavy (non-hydrogen) atoms. The van der Waals surface area contributed by atoms with Gasteiger partial charge in [-0.05, 0) is 13.3 Å². The molecule has 102 valence electrons. The second kappa shape index (κ2) is 6.10. The van der Waals surface area contributed by atoms with E-state index in [1.54, 1.807) is 11.3 Å². The molecule has 0 aliphatic carbocycles. The highest BCUT2D eigenvalue weighted by atomic mass is 32.1. The van der Waals surface area contributed by atoms with E-state index in [4.69, 9.17) is 10.5 Å². The third kappa shape index (κ3) is 2.91. The number of thiazole rings is 1. The number of nitrogens with zero attached hydrogens (tertiary/aromatic N) is 2. The maximum absolute atomic E-state index is 6.48. The molecule has 2 unspecified atom stereocenters. The van der Waals surface area contributed by atoms with Crippen LogP contribution >= 0.6 is 11.3 Å². The van der Waals surface area contributed by atoms with Gasteiger partial charge in [0.05, 0.1) is 18.7 Å². The van der Waals surface area contributed by atoms with E-state index in [2.05, 4.69) is 23.7 Å². The molecule has 2 N–H and O–H groups in total. The monoisotopic (exact) mass is 269 g/mol. The first kappa shape index (κ1) is 13.9. The summed E-state index contributed by atoms with van der Waals surface area (Å²) in [5.74, 6) is 0. The molecular formula is C13H23N3OS. The normalized spacial score (nSPS) is 22.6. The Labute approximate surface area is 113 Å². The standard InChI is InChI=1S/C13H23N3OS/c1-3-13(2,16-4-6-17-7-5-16)12(14)8-11-9-15-10-18-11/h9-10,12H,3-8,14H2,1-2H3. The van der Waals surface area contributed by atoms with Gasteiger partial charge in [-0.1, -0.05) is 6.92 Å². The molecule has 0 saturated carbocycles. The van der Waals surface area contributed by atoms with Crippen LogP contribution in [-0.4, -0.2) is 47.8 Å². The third-order valence-electron chi connectivity index (χ3n) is 4.15. The lowest BCUT2D eigenvalue weighted by atomic mass is 9.85. The van der Waals surface area contributed by atoms with Crippen LogP contribution in [0.25, 0.3) is 0 Å². The molecule has 1 fully saturated rings. The lowest BCUT2D eigenvalue weighted by Crippen LogP contribution is -2.61. The van der Waals surface area contributed by atoms with Crippen molar-refractivity contribution < 1.29 is 4.74 Å². The predicted molar refractivity (Wildman–Crippen MR) is 74.9 cm³/mol. The summed E-state index contributed by atoms with van der Waals surface area (Å²) >= 11 is 1.69. The van der Waals surface area contributed by atoms with Gasteiger partial charge in [-0.2, -0.15) is 0 Å². The Hall–Kier alpha value is -0.490. The summed E-state index contributed by atoms with van der Waals surface area (Å²) in [6.45, 7) is 8.12. The third-order valence-corrected chi connectivity index (χ3v) is 4.95. The van der Waals surface area contributed by atoms with E-state index in [-0.39, 0.29) is 11.6 Å². The van der Waals surface area contributed by atoms with Crippen LogP contribution in [0.2, 0.25) is 0 Å². The summed E-state index contributed by atoms with van der Waals surface area (Å²) in [6, 6.07) is 0.140. The molecule has 5 heteroatoms. The van der Waals surface area contributed by atoms with Crippen molar-refractivity contribution in [1.82, 2.24) is 9.88 Å². The lowest BCUT2D eigenvalue weighted by molar-refractivity contribution is -0.0271.